The number of rotatable bonds is 12. The molecule has 4 aromatic rings. The summed E-state index contributed by atoms with van der Waals surface area (Å²) >= 11 is 0. The van der Waals surface area contributed by atoms with Crippen molar-refractivity contribution in [3.05, 3.63) is 88.1 Å². The van der Waals surface area contributed by atoms with Crippen LogP contribution < -0.4 is 14.2 Å². The van der Waals surface area contributed by atoms with Crippen LogP contribution in [0.1, 0.15) is 77.5 Å². The molecule has 0 saturated heterocycles. The third-order valence-corrected chi connectivity index (χ3v) is 7.66. The van der Waals surface area contributed by atoms with Gasteiger partial charge in [0.1, 0.15) is 22.9 Å². The zero-order valence-electron chi connectivity index (χ0n) is 25.0. The number of aromatic hydroxyl groups is 1. The molecule has 0 saturated carbocycles. The summed E-state index contributed by atoms with van der Waals surface area (Å²) in [7, 11) is 1.63. The number of amides is 1. The van der Waals surface area contributed by atoms with E-state index in [1.54, 1.807) is 7.11 Å². The molecule has 42 heavy (non-hydrogen) atoms. The Labute approximate surface area is 247 Å². The highest BCUT2D eigenvalue weighted by Gasteiger charge is 2.43. The lowest BCUT2D eigenvalue weighted by Crippen LogP contribution is -2.29. The number of methoxy groups -OCH3 is 1. The van der Waals surface area contributed by atoms with Crippen LogP contribution in [0.3, 0.4) is 0 Å². The second-order valence-corrected chi connectivity index (χ2v) is 10.7. The Kier molecular flexibility index (Phi) is 8.71. The van der Waals surface area contributed by atoms with E-state index in [1.165, 1.54) is 0 Å². The molecule has 2 heterocycles. The molecule has 8 heteroatoms. The summed E-state index contributed by atoms with van der Waals surface area (Å²) < 4.78 is 17.5. The van der Waals surface area contributed by atoms with Crippen molar-refractivity contribution in [2.24, 2.45) is 0 Å². The minimum absolute atomic E-state index is 0.153. The number of unbranched alkanes of at least 4 members (excludes halogenated alkanes) is 2. The molecule has 3 aromatic carbocycles. The van der Waals surface area contributed by atoms with E-state index in [1.807, 2.05) is 80.3 Å². The number of phenols is 1. The number of phenolic OH excluding ortho intramolecular Hbond substituents is 1. The molecule has 1 amide bonds. The third kappa shape index (κ3) is 5.66. The smallest absolute Gasteiger partial charge is 0.273 e. The van der Waals surface area contributed by atoms with E-state index in [4.69, 9.17) is 14.2 Å². The topological polar surface area (TPSA) is 96.9 Å². The van der Waals surface area contributed by atoms with Gasteiger partial charge in [-0.15, -0.1) is 0 Å². The van der Waals surface area contributed by atoms with Gasteiger partial charge in [0.25, 0.3) is 5.91 Å². The molecule has 220 valence electrons. The number of aryl methyl sites for hydroxylation is 2. The van der Waals surface area contributed by atoms with Gasteiger partial charge in [-0.3, -0.25) is 9.89 Å². The Hall–Kier alpha value is -4.46. The summed E-state index contributed by atoms with van der Waals surface area (Å²) in [5, 5.41) is 18.6. The molecule has 8 nitrogen and oxygen atoms in total. The minimum atomic E-state index is -0.475. The zero-order chi connectivity index (χ0) is 29.8. The number of nitrogens with zero attached hydrogens (tertiary/aromatic N) is 2. The number of ether oxygens (including phenoxy) is 3. The summed E-state index contributed by atoms with van der Waals surface area (Å²) in [5.74, 6) is 2.06. The van der Waals surface area contributed by atoms with Gasteiger partial charge in [0, 0.05) is 17.7 Å². The van der Waals surface area contributed by atoms with Gasteiger partial charge in [-0.2, -0.15) is 5.10 Å². The maximum absolute atomic E-state index is 14.0. The minimum Gasteiger partial charge on any atom is -0.507 e. The third-order valence-electron chi connectivity index (χ3n) is 7.66. The van der Waals surface area contributed by atoms with Gasteiger partial charge in [0.05, 0.1) is 26.4 Å². The fraction of sp³-hybridized carbons (Fsp3) is 0.353. The van der Waals surface area contributed by atoms with E-state index >= 15 is 0 Å². The number of hydrogen-bond donors (Lipinski definition) is 2. The molecule has 1 aliphatic rings. The second kappa shape index (κ2) is 12.6. The first-order chi connectivity index (χ1) is 20.4. The SMILES string of the molecule is CCCCCOc1ccc(C2c3c(-c4cc(C)cc(C)c4O)n[nH]c3C(=O)N2Cc2ccc(OC)cc2)cc1OCC. The first kappa shape index (κ1) is 29.0. The number of nitrogens with one attached hydrogen (secondary N) is 1. The normalized spacial score (nSPS) is 14.3. The Balaban J connectivity index is 1.61. The molecule has 1 atom stereocenters. The highest BCUT2D eigenvalue weighted by Crippen LogP contribution is 2.47. The van der Waals surface area contributed by atoms with E-state index in [-0.39, 0.29) is 11.7 Å². The summed E-state index contributed by atoms with van der Waals surface area (Å²) in [6.45, 7) is 9.41. The van der Waals surface area contributed by atoms with Crippen molar-refractivity contribution in [3.8, 4) is 34.3 Å². The van der Waals surface area contributed by atoms with Crippen molar-refractivity contribution in [1.29, 1.82) is 0 Å². The first-order valence-electron chi connectivity index (χ1n) is 14.6. The van der Waals surface area contributed by atoms with Gasteiger partial charge in [0.15, 0.2) is 11.5 Å². The number of carbonyl (C=O) groups is 1. The number of carbonyl (C=O) groups excluding carboxylic acids is 1. The van der Waals surface area contributed by atoms with Crippen LogP contribution >= 0.6 is 0 Å². The van der Waals surface area contributed by atoms with Crippen molar-refractivity contribution in [1.82, 2.24) is 15.1 Å². The van der Waals surface area contributed by atoms with Crippen LogP contribution in [0.5, 0.6) is 23.0 Å². The molecule has 1 aromatic heterocycles. The lowest BCUT2D eigenvalue weighted by Gasteiger charge is -2.27. The zero-order valence-corrected chi connectivity index (χ0v) is 25.0. The van der Waals surface area contributed by atoms with Crippen molar-refractivity contribution in [2.75, 3.05) is 20.3 Å². The quantitative estimate of drug-likeness (QED) is 0.176. The van der Waals surface area contributed by atoms with Crippen LogP contribution in [0, 0.1) is 13.8 Å². The summed E-state index contributed by atoms with van der Waals surface area (Å²) in [6, 6.07) is 16.9. The lowest BCUT2D eigenvalue weighted by molar-refractivity contribution is 0.0729. The van der Waals surface area contributed by atoms with Crippen molar-refractivity contribution >= 4 is 5.91 Å². The molecular formula is C34H39N3O5. The predicted octanol–water partition coefficient (Wildman–Crippen LogP) is 7.12. The van der Waals surface area contributed by atoms with E-state index in [0.29, 0.717) is 48.2 Å². The van der Waals surface area contributed by atoms with Crippen LogP contribution in [0.15, 0.2) is 54.6 Å². The molecule has 1 unspecified atom stereocenters. The van der Waals surface area contributed by atoms with E-state index < -0.39 is 6.04 Å². The van der Waals surface area contributed by atoms with Gasteiger partial charge < -0.3 is 24.2 Å². The van der Waals surface area contributed by atoms with Crippen LogP contribution in [-0.2, 0) is 6.54 Å². The van der Waals surface area contributed by atoms with Gasteiger partial charge in [-0.25, -0.2) is 0 Å². The number of H-pyrrole nitrogens is 1. The molecular weight excluding hydrogens is 530 g/mol. The average molecular weight is 570 g/mol. The highest BCUT2D eigenvalue weighted by atomic mass is 16.5. The van der Waals surface area contributed by atoms with Crippen molar-refractivity contribution in [3.63, 3.8) is 0 Å². The molecule has 2 N–H and O–H groups in total. The molecule has 0 fully saturated rings. The molecule has 0 bridgehead atoms. The maximum Gasteiger partial charge on any atom is 0.273 e. The maximum atomic E-state index is 14.0. The van der Waals surface area contributed by atoms with Gasteiger partial charge in [0.2, 0.25) is 0 Å². The standard InChI is InChI=1S/C34H39N3O5/c1-6-8-9-16-42-27-15-12-24(19-28(27)41-7-2)32-29-30(26-18-21(3)17-22(4)33(26)38)35-36-31(29)34(39)37(32)20-23-10-13-25(40-5)14-11-23/h10-15,17-19,32,38H,6-9,16,20H2,1-5H3,(H,35,36). The fourth-order valence-corrected chi connectivity index (χ4v) is 5.60. The summed E-state index contributed by atoms with van der Waals surface area (Å²) in [5.41, 5.74) is 5.87. The van der Waals surface area contributed by atoms with Crippen molar-refractivity contribution in [2.45, 2.75) is 59.5 Å². The van der Waals surface area contributed by atoms with Gasteiger partial charge in [-0.05, 0) is 79.8 Å². The number of hydrogen-bond acceptors (Lipinski definition) is 6. The van der Waals surface area contributed by atoms with Gasteiger partial charge in [-0.1, -0.05) is 44.0 Å². The monoisotopic (exact) mass is 569 g/mol. The number of fused-ring (bicyclic) bond motifs is 1. The van der Waals surface area contributed by atoms with E-state index in [9.17, 15) is 9.90 Å². The van der Waals surface area contributed by atoms with E-state index in [0.717, 1.165) is 52.8 Å². The van der Waals surface area contributed by atoms with Crippen LogP contribution in [0.25, 0.3) is 11.3 Å². The van der Waals surface area contributed by atoms with E-state index in [2.05, 4.69) is 17.1 Å². The highest BCUT2D eigenvalue weighted by molar-refractivity contribution is 6.00. The van der Waals surface area contributed by atoms with Crippen LogP contribution in [-0.4, -0.2) is 46.4 Å². The summed E-state index contributed by atoms with van der Waals surface area (Å²) in [4.78, 5) is 15.8. The van der Waals surface area contributed by atoms with Crippen LogP contribution in [0.2, 0.25) is 0 Å². The number of benzene rings is 3. The predicted molar refractivity (Wildman–Crippen MR) is 163 cm³/mol. The van der Waals surface area contributed by atoms with Crippen LogP contribution in [0.4, 0.5) is 0 Å². The molecule has 0 radical (unpaired) electrons. The lowest BCUT2D eigenvalue weighted by atomic mass is 9.93. The first-order valence-corrected chi connectivity index (χ1v) is 14.6. The number of aromatic amines is 1. The van der Waals surface area contributed by atoms with Gasteiger partial charge >= 0.3 is 0 Å². The molecule has 0 aliphatic carbocycles. The molecule has 5 rings (SSSR count). The average Bonchev–Trinajstić information content (AvgIpc) is 3.53. The summed E-state index contributed by atoms with van der Waals surface area (Å²) in [6.07, 6.45) is 3.19. The Morgan fingerprint density at radius 2 is 1.76 bits per heavy atom. The molecule has 0 spiro atoms. The Morgan fingerprint density at radius 3 is 2.48 bits per heavy atom. The number of aromatic nitrogens is 2. The Morgan fingerprint density at radius 1 is 0.976 bits per heavy atom. The largest absolute Gasteiger partial charge is 0.507 e. The Bertz CT molecular complexity index is 1560. The fourth-order valence-electron chi connectivity index (χ4n) is 5.60. The second-order valence-electron chi connectivity index (χ2n) is 10.7. The van der Waals surface area contributed by atoms with Crippen molar-refractivity contribution < 1.29 is 24.1 Å². The molecule has 1 aliphatic heterocycles.